The monoisotopic (exact) mass is 297 g/mol. The normalized spacial score (nSPS) is 11.0. The third kappa shape index (κ3) is 3.16. The second-order valence-corrected chi connectivity index (χ2v) is 5.38. The Bertz CT molecular complexity index is 769. The van der Waals surface area contributed by atoms with Crippen LogP contribution in [0.3, 0.4) is 0 Å². The molecule has 22 heavy (non-hydrogen) atoms. The lowest BCUT2D eigenvalue weighted by Gasteiger charge is -2.05. The summed E-state index contributed by atoms with van der Waals surface area (Å²) in [6.07, 6.45) is 4.67. The Kier molecular flexibility index (Phi) is 3.91. The van der Waals surface area contributed by atoms with Crippen molar-refractivity contribution >= 4 is 11.6 Å². The number of imidazole rings is 1. The van der Waals surface area contributed by atoms with Gasteiger partial charge < -0.3 is 9.72 Å². The molecule has 0 aliphatic rings. The van der Waals surface area contributed by atoms with Gasteiger partial charge in [-0.1, -0.05) is 6.07 Å². The van der Waals surface area contributed by atoms with Gasteiger partial charge in [0, 0.05) is 31.1 Å². The minimum atomic E-state index is -0.0324. The maximum absolute atomic E-state index is 11.9. The summed E-state index contributed by atoms with van der Waals surface area (Å²) in [6, 6.07) is 7.85. The van der Waals surface area contributed by atoms with E-state index >= 15 is 0 Å². The molecule has 0 atom stereocenters. The van der Waals surface area contributed by atoms with E-state index in [1.807, 2.05) is 54.9 Å². The van der Waals surface area contributed by atoms with Gasteiger partial charge in [-0.25, -0.2) is 4.98 Å². The molecule has 114 valence electrons. The van der Waals surface area contributed by atoms with Crippen LogP contribution in [0.4, 0.5) is 0 Å². The van der Waals surface area contributed by atoms with E-state index in [1.54, 1.807) is 4.68 Å². The van der Waals surface area contributed by atoms with E-state index in [4.69, 9.17) is 0 Å². The van der Waals surface area contributed by atoms with Crippen molar-refractivity contribution in [3.8, 4) is 0 Å². The average Bonchev–Trinajstić information content (AvgIpc) is 3.01. The van der Waals surface area contributed by atoms with Gasteiger partial charge in [-0.2, -0.15) is 5.10 Å². The molecular weight excluding hydrogens is 278 g/mol. The topological polar surface area (TPSA) is 64.2 Å². The molecule has 0 radical (unpaired) electrons. The maximum Gasteiger partial charge on any atom is 0.241 e. The predicted molar refractivity (Wildman–Crippen MR) is 83.6 cm³/mol. The first kappa shape index (κ1) is 14.3. The number of aromatic nitrogens is 4. The zero-order valence-electron chi connectivity index (χ0n) is 12.8. The van der Waals surface area contributed by atoms with Gasteiger partial charge in [-0.3, -0.25) is 9.48 Å². The second kappa shape index (κ2) is 6.01. The van der Waals surface area contributed by atoms with Crippen molar-refractivity contribution in [2.45, 2.75) is 26.8 Å². The summed E-state index contributed by atoms with van der Waals surface area (Å²) < 4.78 is 3.70. The van der Waals surface area contributed by atoms with Gasteiger partial charge in [0.2, 0.25) is 5.91 Å². The summed E-state index contributed by atoms with van der Waals surface area (Å²) in [6.45, 7) is 4.70. The average molecular weight is 297 g/mol. The molecule has 0 bridgehead atoms. The van der Waals surface area contributed by atoms with E-state index in [2.05, 4.69) is 15.4 Å². The van der Waals surface area contributed by atoms with Crippen LogP contribution in [0.25, 0.3) is 5.65 Å². The number of hydrogen-bond acceptors (Lipinski definition) is 3. The van der Waals surface area contributed by atoms with E-state index < -0.39 is 0 Å². The SMILES string of the molecule is Cc1cc(C)n(CC(=O)NCCc2cn3ccccc3n2)n1. The summed E-state index contributed by atoms with van der Waals surface area (Å²) >= 11 is 0. The van der Waals surface area contributed by atoms with Gasteiger partial charge in [-0.05, 0) is 32.0 Å². The lowest BCUT2D eigenvalue weighted by Crippen LogP contribution is -2.30. The first-order valence-electron chi connectivity index (χ1n) is 7.32. The summed E-state index contributed by atoms with van der Waals surface area (Å²) in [5, 5.41) is 7.20. The zero-order valence-corrected chi connectivity index (χ0v) is 12.8. The third-order valence-corrected chi connectivity index (χ3v) is 3.51. The fourth-order valence-electron chi connectivity index (χ4n) is 2.46. The van der Waals surface area contributed by atoms with Gasteiger partial charge in [0.25, 0.3) is 0 Å². The number of nitrogens with one attached hydrogen (secondary N) is 1. The van der Waals surface area contributed by atoms with Crippen LogP contribution in [0.5, 0.6) is 0 Å². The largest absolute Gasteiger partial charge is 0.354 e. The van der Waals surface area contributed by atoms with Gasteiger partial charge in [0.05, 0.1) is 11.4 Å². The molecule has 3 heterocycles. The molecule has 3 aromatic heterocycles. The number of carbonyl (C=O) groups is 1. The van der Waals surface area contributed by atoms with E-state index in [0.29, 0.717) is 13.0 Å². The van der Waals surface area contributed by atoms with Crippen molar-refractivity contribution in [2.75, 3.05) is 6.54 Å². The number of nitrogens with zero attached hydrogens (tertiary/aromatic N) is 4. The van der Waals surface area contributed by atoms with Crippen molar-refractivity contribution in [1.82, 2.24) is 24.5 Å². The smallest absolute Gasteiger partial charge is 0.241 e. The molecule has 1 amide bonds. The molecule has 0 aliphatic carbocycles. The fraction of sp³-hybridized carbons (Fsp3) is 0.312. The van der Waals surface area contributed by atoms with Crippen LogP contribution in [-0.2, 0) is 17.8 Å². The van der Waals surface area contributed by atoms with Gasteiger partial charge in [-0.15, -0.1) is 0 Å². The van der Waals surface area contributed by atoms with Crippen LogP contribution in [-0.4, -0.2) is 31.6 Å². The number of hydrogen-bond donors (Lipinski definition) is 1. The molecule has 0 saturated heterocycles. The van der Waals surface area contributed by atoms with Crippen LogP contribution < -0.4 is 5.32 Å². The highest BCUT2D eigenvalue weighted by Gasteiger charge is 2.07. The molecule has 0 aliphatic heterocycles. The number of rotatable bonds is 5. The molecule has 6 heteroatoms. The van der Waals surface area contributed by atoms with Crippen molar-refractivity contribution < 1.29 is 4.79 Å². The van der Waals surface area contributed by atoms with Crippen molar-refractivity contribution in [3.63, 3.8) is 0 Å². The molecular formula is C16H19N5O. The molecule has 0 saturated carbocycles. The van der Waals surface area contributed by atoms with E-state index in [0.717, 1.165) is 22.7 Å². The third-order valence-electron chi connectivity index (χ3n) is 3.51. The standard InChI is InChI=1S/C16H19N5O/c1-12-9-13(2)21(19-12)11-16(22)17-7-6-14-10-20-8-4-3-5-15(20)18-14/h3-5,8-10H,6-7,11H2,1-2H3,(H,17,22). The first-order valence-corrected chi connectivity index (χ1v) is 7.32. The molecule has 6 nitrogen and oxygen atoms in total. The van der Waals surface area contributed by atoms with Crippen LogP contribution in [0.1, 0.15) is 17.1 Å². The number of amides is 1. The number of fused-ring (bicyclic) bond motifs is 1. The van der Waals surface area contributed by atoms with Crippen molar-refractivity contribution in [2.24, 2.45) is 0 Å². The van der Waals surface area contributed by atoms with Crippen LogP contribution in [0.2, 0.25) is 0 Å². The van der Waals surface area contributed by atoms with E-state index in [9.17, 15) is 4.79 Å². The van der Waals surface area contributed by atoms with Crippen LogP contribution in [0, 0.1) is 13.8 Å². The fourth-order valence-corrected chi connectivity index (χ4v) is 2.46. The Hall–Kier alpha value is -2.63. The first-order chi connectivity index (χ1) is 10.6. The lowest BCUT2D eigenvalue weighted by molar-refractivity contribution is -0.121. The number of carbonyl (C=O) groups excluding carboxylic acids is 1. The van der Waals surface area contributed by atoms with Gasteiger partial charge in [0.1, 0.15) is 12.2 Å². The quantitative estimate of drug-likeness (QED) is 0.776. The summed E-state index contributed by atoms with van der Waals surface area (Å²) in [5.74, 6) is -0.0324. The Labute approximate surface area is 128 Å². The Morgan fingerprint density at radius 3 is 2.91 bits per heavy atom. The summed E-state index contributed by atoms with van der Waals surface area (Å²) in [7, 11) is 0. The second-order valence-electron chi connectivity index (χ2n) is 5.38. The molecule has 0 aromatic carbocycles. The molecule has 0 fully saturated rings. The van der Waals surface area contributed by atoms with Gasteiger partial charge >= 0.3 is 0 Å². The Morgan fingerprint density at radius 2 is 2.18 bits per heavy atom. The molecule has 0 spiro atoms. The minimum absolute atomic E-state index is 0.0324. The molecule has 3 aromatic rings. The summed E-state index contributed by atoms with van der Waals surface area (Å²) in [5.41, 5.74) is 3.81. The Balaban J connectivity index is 1.52. The highest BCUT2D eigenvalue weighted by molar-refractivity contribution is 5.75. The van der Waals surface area contributed by atoms with Crippen LogP contribution >= 0.6 is 0 Å². The number of aryl methyl sites for hydroxylation is 2. The van der Waals surface area contributed by atoms with Gasteiger partial charge in [0.15, 0.2) is 0 Å². The lowest BCUT2D eigenvalue weighted by atomic mass is 10.3. The number of pyridine rings is 1. The molecule has 0 unspecified atom stereocenters. The zero-order chi connectivity index (χ0) is 15.5. The highest BCUT2D eigenvalue weighted by atomic mass is 16.2. The highest BCUT2D eigenvalue weighted by Crippen LogP contribution is 2.05. The summed E-state index contributed by atoms with van der Waals surface area (Å²) in [4.78, 5) is 16.4. The van der Waals surface area contributed by atoms with E-state index in [1.165, 1.54) is 0 Å². The molecule has 3 rings (SSSR count). The maximum atomic E-state index is 11.9. The molecule has 1 N–H and O–H groups in total. The van der Waals surface area contributed by atoms with Crippen molar-refractivity contribution in [3.05, 3.63) is 53.7 Å². The predicted octanol–water partition coefficient (Wildman–Crippen LogP) is 1.51. The van der Waals surface area contributed by atoms with E-state index in [-0.39, 0.29) is 12.5 Å². The van der Waals surface area contributed by atoms with Crippen LogP contribution in [0.15, 0.2) is 36.7 Å². The van der Waals surface area contributed by atoms with Crippen molar-refractivity contribution in [1.29, 1.82) is 0 Å². The Morgan fingerprint density at radius 1 is 1.32 bits per heavy atom. The minimum Gasteiger partial charge on any atom is -0.354 e.